The summed E-state index contributed by atoms with van der Waals surface area (Å²) in [5, 5.41) is 12.6. The first-order valence-corrected chi connectivity index (χ1v) is 10.1. The molecule has 1 fully saturated rings. The van der Waals surface area contributed by atoms with Crippen LogP contribution in [0.1, 0.15) is 18.1 Å². The van der Waals surface area contributed by atoms with Gasteiger partial charge >= 0.3 is 6.03 Å². The van der Waals surface area contributed by atoms with E-state index in [1.165, 1.54) is 28.8 Å². The number of aliphatic hydroxyl groups is 1. The molecule has 28 heavy (non-hydrogen) atoms. The van der Waals surface area contributed by atoms with Crippen LogP contribution in [0.15, 0.2) is 65.7 Å². The van der Waals surface area contributed by atoms with Crippen LogP contribution in [0.3, 0.4) is 0 Å². The Bertz CT molecular complexity index is 875. The van der Waals surface area contributed by atoms with Crippen LogP contribution < -0.4 is 0 Å². The average molecular weight is 399 g/mol. The third-order valence-electron chi connectivity index (χ3n) is 5.00. The number of benzene rings is 2. The maximum Gasteiger partial charge on any atom is 0.324 e. The lowest BCUT2D eigenvalue weighted by Crippen LogP contribution is -2.48. The third-order valence-corrected chi connectivity index (χ3v) is 6.20. The molecular weight excluding hydrogens is 377 g/mol. The molecule has 5 nitrogen and oxygen atoms in total. The Balaban J connectivity index is 1.49. The van der Waals surface area contributed by atoms with E-state index in [9.17, 15) is 14.3 Å². The Morgan fingerprint density at radius 3 is 2.46 bits per heavy atom. The summed E-state index contributed by atoms with van der Waals surface area (Å²) >= 11 is 1.53. The second kappa shape index (κ2) is 7.85. The van der Waals surface area contributed by atoms with Gasteiger partial charge in [-0.1, -0.05) is 54.2 Å². The van der Waals surface area contributed by atoms with Crippen LogP contribution in [-0.4, -0.2) is 44.1 Å². The van der Waals surface area contributed by atoms with Gasteiger partial charge in [-0.2, -0.15) is 0 Å². The van der Waals surface area contributed by atoms with Crippen molar-refractivity contribution in [1.82, 2.24) is 14.7 Å². The molecule has 2 aliphatic rings. The number of hydrogen-bond acceptors (Lipinski definition) is 4. The van der Waals surface area contributed by atoms with Gasteiger partial charge in [0.2, 0.25) is 0 Å². The summed E-state index contributed by atoms with van der Waals surface area (Å²) in [5.41, 5.74) is 2.75. The van der Waals surface area contributed by atoms with Crippen LogP contribution in [0.25, 0.3) is 0 Å². The summed E-state index contributed by atoms with van der Waals surface area (Å²) in [6.07, 6.45) is -0.886. The zero-order chi connectivity index (χ0) is 19.7. The van der Waals surface area contributed by atoms with Crippen LogP contribution >= 0.6 is 11.8 Å². The van der Waals surface area contributed by atoms with Crippen LogP contribution in [0.5, 0.6) is 0 Å². The molecule has 2 aromatic rings. The van der Waals surface area contributed by atoms with Gasteiger partial charge in [-0.25, -0.2) is 9.18 Å². The normalized spacial score (nSPS) is 22.2. The van der Waals surface area contributed by atoms with Crippen molar-refractivity contribution < 1.29 is 14.3 Å². The highest BCUT2D eigenvalue weighted by Crippen LogP contribution is 2.37. The Morgan fingerprint density at radius 1 is 1.07 bits per heavy atom. The predicted molar refractivity (Wildman–Crippen MR) is 107 cm³/mol. The Kier molecular flexibility index (Phi) is 5.28. The van der Waals surface area contributed by atoms with E-state index < -0.39 is 6.23 Å². The van der Waals surface area contributed by atoms with Gasteiger partial charge in [-0.05, 0) is 35.6 Å². The first kappa shape index (κ1) is 18.8. The molecule has 2 unspecified atom stereocenters. The molecule has 1 saturated heterocycles. The van der Waals surface area contributed by atoms with Gasteiger partial charge in [0.1, 0.15) is 5.82 Å². The average Bonchev–Trinajstić information content (AvgIpc) is 3.17. The Hall–Kier alpha value is -2.51. The summed E-state index contributed by atoms with van der Waals surface area (Å²) in [6, 6.07) is 15.9. The topological polar surface area (TPSA) is 47.0 Å². The molecule has 4 rings (SSSR count). The minimum Gasteiger partial charge on any atom is -0.371 e. The molecule has 2 aliphatic heterocycles. The maximum absolute atomic E-state index is 13.1. The molecule has 146 valence electrons. The van der Waals surface area contributed by atoms with E-state index in [-0.39, 0.29) is 23.9 Å². The largest absolute Gasteiger partial charge is 0.371 e. The molecule has 0 aliphatic carbocycles. The number of urea groups is 1. The number of halogens is 1. The number of nitrogens with zero attached hydrogens (tertiary/aromatic N) is 3. The van der Waals surface area contributed by atoms with E-state index in [2.05, 4.69) is 17.0 Å². The van der Waals surface area contributed by atoms with Gasteiger partial charge < -0.3 is 14.9 Å². The van der Waals surface area contributed by atoms with Crippen LogP contribution in [0.2, 0.25) is 0 Å². The highest BCUT2D eigenvalue weighted by molar-refractivity contribution is 8.02. The van der Waals surface area contributed by atoms with Crippen molar-refractivity contribution in [2.75, 3.05) is 6.54 Å². The van der Waals surface area contributed by atoms with Crippen molar-refractivity contribution in [3.05, 3.63) is 82.6 Å². The molecule has 2 heterocycles. The molecule has 0 bridgehead atoms. The molecule has 0 aromatic heterocycles. The van der Waals surface area contributed by atoms with Gasteiger partial charge in [0, 0.05) is 18.8 Å². The van der Waals surface area contributed by atoms with Crippen molar-refractivity contribution in [3.63, 3.8) is 0 Å². The van der Waals surface area contributed by atoms with Gasteiger partial charge in [0.15, 0.2) is 11.7 Å². The van der Waals surface area contributed by atoms with Gasteiger partial charge in [0.25, 0.3) is 0 Å². The summed E-state index contributed by atoms with van der Waals surface area (Å²) in [7, 11) is 0. The second-order valence-electron chi connectivity index (χ2n) is 7.01. The maximum atomic E-state index is 13.1. The highest BCUT2D eigenvalue weighted by atomic mass is 32.2. The fourth-order valence-corrected chi connectivity index (χ4v) is 4.71. The fraction of sp³-hybridized carbons (Fsp3) is 0.286. The standard InChI is InChI=1S/C21H22FN3O2S/c1-15-14-28-21(24(15)12-16-5-3-2-4-6-16)25-19(26)13-23(20(25)27)11-17-7-9-18(22)10-8-17/h2-10,14,19,21,26H,11-13H2,1H3. The summed E-state index contributed by atoms with van der Waals surface area (Å²) in [6.45, 7) is 3.25. The zero-order valence-corrected chi connectivity index (χ0v) is 16.3. The van der Waals surface area contributed by atoms with E-state index in [1.807, 2.05) is 30.5 Å². The fourth-order valence-electron chi connectivity index (χ4n) is 3.51. The van der Waals surface area contributed by atoms with Crippen molar-refractivity contribution in [1.29, 1.82) is 0 Å². The molecule has 2 aromatic carbocycles. The van der Waals surface area contributed by atoms with Crippen LogP contribution in [0, 0.1) is 5.82 Å². The van der Waals surface area contributed by atoms with E-state index >= 15 is 0 Å². The second-order valence-corrected chi connectivity index (χ2v) is 7.94. The number of amides is 2. The SMILES string of the molecule is CC1=CSC(N2C(=O)N(Cc3ccc(F)cc3)CC2O)N1Cc1ccccc1. The molecule has 0 saturated carbocycles. The molecule has 7 heteroatoms. The number of carbonyl (C=O) groups excluding carboxylic acids is 1. The Labute approximate surface area is 168 Å². The van der Waals surface area contributed by atoms with Gasteiger partial charge in [-0.3, -0.25) is 4.90 Å². The lowest BCUT2D eigenvalue weighted by atomic mass is 10.2. The quantitative estimate of drug-likeness (QED) is 0.831. The highest BCUT2D eigenvalue weighted by Gasteiger charge is 2.44. The number of hydrogen-bond donors (Lipinski definition) is 1. The van der Waals surface area contributed by atoms with E-state index in [4.69, 9.17) is 0 Å². The monoisotopic (exact) mass is 399 g/mol. The van der Waals surface area contributed by atoms with E-state index in [1.54, 1.807) is 17.0 Å². The van der Waals surface area contributed by atoms with E-state index in [0.29, 0.717) is 13.1 Å². The molecule has 2 atom stereocenters. The first-order chi connectivity index (χ1) is 13.5. The van der Waals surface area contributed by atoms with Crippen LogP contribution in [0.4, 0.5) is 9.18 Å². The number of thioether (sulfide) groups is 1. The smallest absolute Gasteiger partial charge is 0.324 e. The third kappa shape index (κ3) is 3.72. The van der Waals surface area contributed by atoms with Crippen molar-refractivity contribution in [2.45, 2.75) is 31.7 Å². The first-order valence-electron chi connectivity index (χ1n) is 9.15. The Morgan fingerprint density at radius 2 is 1.75 bits per heavy atom. The van der Waals surface area contributed by atoms with Gasteiger partial charge in [0.05, 0.1) is 6.54 Å². The zero-order valence-electron chi connectivity index (χ0n) is 15.5. The molecule has 2 amide bonds. The lowest BCUT2D eigenvalue weighted by Gasteiger charge is -2.35. The number of β-amino-alcohol motifs (C(OH)–C–C–N with tert-alkyl or cyclic N) is 1. The number of allylic oxidation sites excluding steroid dienone is 1. The molecule has 0 radical (unpaired) electrons. The summed E-state index contributed by atoms with van der Waals surface area (Å²) in [4.78, 5) is 18.3. The molecular formula is C21H22FN3O2S. The van der Waals surface area contributed by atoms with Crippen molar-refractivity contribution >= 4 is 17.8 Å². The summed E-state index contributed by atoms with van der Waals surface area (Å²) in [5.74, 6) is -0.307. The predicted octanol–water partition coefficient (Wildman–Crippen LogP) is 3.78. The molecule has 0 spiro atoms. The number of aliphatic hydroxyl groups excluding tert-OH is 1. The summed E-state index contributed by atoms with van der Waals surface area (Å²) < 4.78 is 13.1. The van der Waals surface area contributed by atoms with Crippen molar-refractivity contribution in [2.24, 2.45) is 0 Å². The minimum atomic E-state index is -0.886. The van der Waals surface area contributed by atoms with Crippen molar-refractivity contribution in [3.8, 4) is 0 Å². The van der Waals surface area contributed by atoms with Crippen LogP contribution in [-0.2, 0) is 13.1 Å². The van der Waals surface area contributed by atoms with Gasteiger partial charge in [-0.15, -0.1) is 0 Å². The van der Waals surface area contributed by atoms with E-state index in [0.717, 1.165) is 16.8 Å². The molecule has 1 N–H and O–H groups in total. The minimum absolute atomic E-state index is 0.213. The number of carbonyl (C=O) groups is 1. The number of rotatable bonds is 5. The lowest BCUT2D eigenvalue weighted by molar-refractivity contribution is 0.0227.